The minimum absolute atomic E-state index is 0.000493. The molecule has 0 fully saturated rings. The van der Waals surface area contributed by atoms with Crippen molar-refractivity contribution < 1.29 is 19.1 Å². The van der Waals surface area contributed by atoms with E-state index < -0.39 is 11.9 Å². The Labute approximate surface area is 203 Å². The number of guanidine groups is 3. The Morgan fingerprint density at radius 3 is 1.74 bits per heavy atom. The molecule has 0 unspecified atom stereocenters. The number of ether oxygens (including phenoxy) is 2. The van der Waals surface area contributed by atoms with Crippen LogP contribution in [0.15, 0.2) is 25.0 Å². The second kappa shape index (κ2) is 18.2. The zero-order chi connectivity index (χ0) is 26.6. The Morgan fingerprint density at radius 2 is 1.23 bits per heavy atom. The van der Waals surface area contributed by atoms with E-state index in [0.29, 0.717) is 5.84 Å². The summed E-state index contributed by atoms with van der Waals surface area (Å²) >= 11 is 0. The van der Waals surface area contributed by atoms with Crippen LogP contribution in [-0.2, 0) is 19.1 Å². The summed E-state index contributed by atoms with van der Waals surface area (Å²) in [5, 5.41) is 10.1. The molecule has 0 aliphatic rings. The van der Waals surface area contributed by atoms with Gasteiger partial charge in [-0.2, -0.15) is 0 Å². The van der Waals surface area contributed by atoms with Crippen LogP contribution in [0, 0.1) is 5.41 Å². The van der Waals surface area contributed by atoms with E-state index in [4.69, 9.17) is 43.6 Å². The fraction of sp³-hybridized carbons (Fsp3) is 0.579. The summed E-state index contributed by atoms with van der Waals surface area (Å²) in [6.07, 6.45) is 0.632. The van der Waals surface area contributed by atoms with Gasteiger partial charge in [-0.25, -0.2) is 20.0 Å². The number of hydrogen-bond donors (Lipinski definition) is 7. The normalized spacial score (nSPS) is 13.4. The number of rotatable bonds is 13. The van der Waals surface area contributed by atoms with Gasteiger partial charge in [-0.1, -0.05) is 0 Å². The number of nitrogens with zero attached hydrogens (tertiary/aromatic N) is 5. The van der Waals surface area contributed by atoms with Crippen LogP contribution < -0.4 is 34.0 Å². The second-order valence-electron chi connectivity index (χ2n) is 6.90. The molecule has 0 rings (SSSR count). The van der Waals surface area contributed by atoms with Gasteiger partial charge in [0.25, 0.3) is 0 Å². The van der Waals surface area contributed by atoms with Gasteiger partial charge in [-0.3, -0.25) is 25.3 Å². The van der Waals surface area contributed by atoms with Crippen molar-refractivity contribution in [3.05, 3.63) is 0 Å². The quantitative estimate of drug-likeness (QED) is 0.0630. The molecule has 35 heavy (non-hydrogen) atoms. The molecule has 0 saturated carbocycles. The largest absolute Gasteiger partial charge is 0.464 e. The van der Waals surface area contributed by atoms with E-state index in [1.54, 1.807) is 13.8 Å². The lowest BCUT2D eigenvalue weighted by Crippen LogP contribution is -2.42. The van der Waals surface area contributed by atoms with Gasteiger partial charge in [0.15, 0.2) is 11.9 Å². The smallest absolute Gasteiger partial charge is 0.305 e. The van der Waals surface area contributed by atoms with Crippen LogP contribution in [0.5, 0.6) is 0 Å². The van der Waals surface area contributed by atoms with Crippen LogP contribution in [0.25, 0.3) is 0 Å². The number of aliphatic imine (C=N–C) groups is 5. The van der Waals surface area contributed by atoms with Crippen molar-refractivity contribution >= 4 is 47.3 Å². The first-order valence-electron chi connectivity index (χ1n) is 10.7. The molecule has 0 aromatic heterocycles. The Bertz CT molecular complexity index is 856. The average Bonchev–Trinajstić information content (AvgIpc) is 2.73. The molecule has 0 heterocycles. The maximum Gasteiger partial charge on any atom is 0.305 e. The first-order valence-corrected chi connectivity index (χ1v) is 10.7. The zero-order valence-electron chi connectivity index (χ0n) is 20.1. The molecule has 0 aliphatic carbocycles. The van der Waals surface area contributed by atoms with E-state index >= 15 is 0 Å². The fourth-order valence-corrected chi connectivity index (χ4v) is 2.14. The molecule has 12 N–H and O–H groups in total. The van der Waals surface area contributed by atoms with Crippen molar-refractivity contribution in [1.29, 1.82) is 5.41 Å². The summed E-state index contributed by atoms with van der Waals surface area (Å²) in [4.78, 5) is 42.6. The summed E-state index contributed by atoms with van der Waals surface area (Å²) in [5.74, 6) is -0.281. The van der Waals surface area contributed by atoms with Gasteiger partial charge in [-0.05, 0) is 20.3 Å². The minimum Gasteiger partial charge on any atom is -0.464 e. The summed E-state index contributed by atoms with van der Waals surface area (Å²) in [6.45, 7) is 3.67. The number of nitrogens with one attached hydrogen (secondary N) is 2. The Kier molecular flexibility index (Phi) is 16.0. The molecule has 0 amide bonds. The van der Waals surface area contributed by atoms with Gasteiger partial charge < -0.3 is 38.1 Å². The van der Waals surface area contributed by atoms with E-state index in [1.807, 2.05) is 0 Å². The van der Waals surface area contributed by atoms with E-state index in [-0.39, 0.29) is 88.1 Å². The number of amidine groups is 3. The van der Waals surface area contributed by atoms with Crippen LogP contribution in [0.3, 0.4) is 0 Å². The molecule has 16 nitrogen and oxygen atoms in total. The molecule has 0 aromatic rings. The predicted molar refractivity (Wildman–Crippen MR) is 135 cm³/mol. The van der Waals surface area contributed by atoms with Gasteiger partial charge in [0.05, 0.1) is 24.8 Å². The minimum atomic E-state index is -0.481. The topological polar surface area (TPSA) is 280 Å². The third-order valence-corrected chi connectivity index (χ3v) is 3.52. The number of nitrogens with two attached hydrogens (primary N) is 5. The highest BCUT2D eigenvalue weighted by molar-refractivity contribution is 5.97. The van der Waals surface area contributed by atoms with Gasteiger partial charge in [0, 0.05) is 25.8 Å². The molecule has 0 bridgehead atoms. The molecule has 0 aromatic carbocycles. The van der Waals surface area contributed by atoms with Crippen LogP contribution in [0.4, 0.5) is 0 Å². The van der Waals surface area contributed by atoms with E-state index in [9.17, 15) is 9.59 Å². The summed E-state index contributed by atoms with van der Waals surface area (Å²) in [6, 6.07) is 0. The highest BCUT2D eigenvalue weighted by Gasteiger charge is 2.07. The van der Waals surface area contributed by atoms with Crippen LogP contribution in [-0.4, -0.2) is 80.2 Å². The van der Waals surface area contributed by atoms with Crippen LogP contribution in [0.1, 0.15) is 39.5 Å². The first kappa shape index (κ1) is 30.8. The van der Waals surface area contributed by atoms with Crippen molar-refractivity contribution in [2.45, 2.75) is 39.5 Å². The molecule has 0 aliphatic heterocycles. The Morgan fingerprint density at radius 1 is 0.743 bits per heavy atom. The fourth-order valence-electron chi connectivity index (χ4n) is 2.14. The van der Waals surface area contributed by atoms with Crippen LogP contribution >= 0.6 is 0 Å². The van der Waals surface area contributed by atoms with Gasteiger partial charge in [0.2, 0.25) is 5.96 Å². The van der Waals surface area contributed by atoms with E-state index in [0.717, 1.165) is 0 Å². The molecule has 0 saturated heterocycles. The van der Waals surface area contributed by atoms with Crippen molar-refractivity contribution in [3.8, 4) is 0 Å². The van der Waals surface area contributed by atoms with Gasteiger partial charge in [-0.15, -0.1) is 0 Å². The monoisotopic (exact) mass is 496 g/mol. The number of hydrogen-bond acceptors (Lipinski definition) is 8. The molecular weight excluding hydrogens is 460 g/mol. The Hall–Kier alpha value is -4.24. The zero-order valence-corrected chi connectivity index (χ0v) is 20.1. The average molecular weight is 497 g/mol. The first-order chi connectivity index (χ1) is 16.5. The van der Waals surface area contributed by atoms with Crippen molar-refractivity contribution in [1.82, 2.24) is 5.32 Å². The van der Waals surface area contributed by atoms with E-state index in [2.05, 4.69) is 30.3 Å². The summed E-state index contributed by atoms with van der Waals surface area (Å²) in [5.41, 5.74) is 27.6. The molecular formula is C19H36N12O4. The third-order valence-electron chi connectivity index (χ3n) is 3.52. The molecule has 0 spiro atoms. The number of esters is 2. The predicted octanol–water partition coefficient (Wildman–Crippen LogP) is -2.10. The third kappa shape index (κ3) is 20.1. The standard InChI is InChI=1S/C19H36N12O4/c1-12(20)29-14(22)6-7-26-18(24)31-19(25)28-9-11-35-16(33)5-3-4-15(32)34-10-8-27-17(23)30-13(2)21/h3-11H2,1-2H3,(H3,20,22,29)(H4,21,23,27,30)(H5,24,25,26,28,31). The molecule has 0 radical (unpaired) electrons. The van der Waals surface area contributed by atoms with Crippen molar-refractivity contribution in [2.24, 2.45) is 53.6 Å². The summed E-state index contributed by atoms with van der Waals surface area (Å²) in [7, 11) is 0. The maximum atomic E-state index is 11.7. The lowest BCUT2D eigenvalue weighted by molar-refractivity contribution is -0.145. The molecule has 0 atom stereocenters. The molecule has 16 heteroatoms. The van der Waals surface area contributed by atoms with Crippen molar-refractivity contribution in [2.75, 3.05) is 32.8 Å². The van der Waals surface area contributed by atoms with Crippen molar-refractivity contribution in [3.63, 3.8) is 0 Å². The lowest BCUT2D eigenvalue weighted by atomic mass is 10.2. The van der Waals surface area contributed by atoms with E-state index in [1.165, 1.54) is 0 Å². The van der Waals surface area contributed by atoms with Gasteiger partial charge >= 0.3 is 11.9 Å². The molecule has 196 valence electrons. The Balaban J connectivity index is 3.98. The van der Waals surface area contributed by atoms with Gasteiger partial charge in [0.1, 0.15) is 19.0 Å². The summed E-state index contributed by atoms with van der Waals surface area (Å²) < 4.78 is 9.99. The number of carbonyl (C=O) groups excluding carboxylic acids is 2. The second-order valence-corrected chi connectivity index (χ2v) is 6.90. The SMILES string of the molecule is CC(N)=NC(=N)CCN=C(N)NC(N)=NCCOC(=O)CCCC(=O)OCCN=C(N)N=C(C)N. The number of carbonyl (C=O) groups is 2. The van der Waals surface area contributed by atoms with Crippen LogP contribution in [0.2, 0.25) is 0 Å². The lowest BCUT2D eigenvalue weighted by Gasteiger charge is -2.06. The highest BCUT2D eigenvalue weighted by atomic mass is 16.5. The maximum absolute atomic E-state index is 11.7. The highest BCUT2D eigenvalue weighted by Crippen LogP contribution is 2.00.